The van der Waals surface area contributed by atoms with Crippen LogP contribution in [0.3, 0.4) is 0 Å². The SMILES string of the molecule is CCOC(=O)c1ccc(S(=O)(=O)N[C@H]2CCO[C@]3(CCS(=O)(=O)C3)C2)cc1. The maximum absolute atomic E-state index is 12.7. The van der Waals surface area contributed by atoms with Gasteiger partial charge < -0.3 is 9.47 Å². The summed E-state index contributed by atoms with van der Waals surface area (Å²) in [6, 6.07) is 5.11. The summed E-state index contributed by atoms with van der Waals surface area (Å²) in [5.41, 5.74) is -0.519. The summed E-state index contributed by atoms with van der Waals surface area (Å²) in [5, 5.41) is 0. The van der Waals surface area contributed by atoms with Crippen LogP contribution in [0.25, 0.3) is 0 Å². The first kappa shape index (κ1) is 20.2. The monoisotopic (exact) mass is 417 g/mol. The Balaban J connectivity index is 1.70. The van der Waals surface area contributed by atoms with Crippen LogP contribution < -0.4 is 4.72 Å². The van der Waals surface area contributed by atoms with E-state index in [2.05, 4.69) is 4.72 Å². The Bertz CT molecular complexity index is 909. The molecule has 2 fully saturated rings. The number of benzene rings is 1. The predicted molar refractivity (Wildman–Crippen MR) is 97.7 cm³/mol. The van der Waals surface area contributed by atoms with E-state index in [-0.39, 0.29) is 28.6 Å². The summed E-state index contributed by atoms with van der Waals surface area (Å²) in [5.74, 6) is -0.503. The number of hydrogen-bond donors (Lipinski definition) is 1. The molecule has 3 rings (SSSR count). The zero-order valence-electron chi connectivity index (χ0n) is 15.0. The highest BCUT2D eigenvalue weighted by Gasteiger charge is 2.47. The molecule has 2 saturated heterocycles. The topological polar surface area (TPSA) is 116 Å². The quantitative estimate of drug-likeness (QED) is 0.707. The molecular weight excluding hydrogens is 394 g/mol. The van der Waals surface area contributed by atoms with E-state index in [9.17, 15) is 21.6 Å². The number of hydrogen-bond acceptors (Lipinski definition) is 7. The summed E-state index contributed by atoms with van der Waals surface area (Å²) in [4.78, 5) is 11.7. The average molecular weight is 418 g/mol. The standard InChI is InChI=1S/C17H23NO7S2/c1-2-24-16(19)13-3-5-15(6-4-13)27(22,23)18-14-7-9-25-17(11-14)8-10-26(20,21)12-17/h3-6,14,18H,2,7-12H2,1H3/t14-,17+/m0/s1. The number of carbonyl (C=O) groups excluding carboxylic acids is 1. The van der Waals surface area contributed by atoms with Gasteiger partial charge in [0.05, 0.1) is 34.2 Å². The van der Waals surface area contributed by atoms with Gasteiger partial charge in [-0.05, 0) is 50.5 Å². The molecule has 2 atom stereocenters. The minimum atomic E-state index is -3.80. The van der Waals surface area contributed by atoms with Crippen molar-refractivity contribution in [3.63, 3.8) is 0 Å². The Kier molecular flexibility index (Phi) is 5.62. The summed E-state index contributed by atoms with van der Waals surface area (Å²) < 4.78 is 62.1. The van der Waals surface area contributed by atoms with E-state index in [1.54, 1.807) is 6.92 Å². The number of carbonyl (C=O) groups is 1. The molecule has 0 aliphatic carbocycles. The predicted octanol–water partition coefficient (Wildman–Crippen LogP) is 0.878. The summed E-state index contributed by atoms with van der Waals surface area (Å²) in [6.45, 7) is 2.24. The van der Waals surface area contributed by atoms with Crippen molar-refractivity contribution in [3.05, 3.63) is 29.8 Å². The largest absolute Gasteiger partial charge is 0.462 e. The lowest BCUT2D eigenvalue weighted by Crippen LogP contribution is -2.49. The molecule has 8 nitrogen and oxygen atoms in total. The zero-order chi connectivity index (χ0) is 19.7. The lowest BCUT2D eigenvalue weighted by atomic mass is 9.90. The van der Waals surface area contributed by atoms with Crippen molar-refractivity contribution in [2.75, 3.05) is 24.7 Å². The molecule has 2 aliphatic heterocycles. The summed E-state index contributed by atoms with van der Waals surface area (Å²) in [7, 11) is -6.93. The molecule has 27 heavy (non-hydrogen) atoms. The van der Waals surface area contributed by atoms with Crippen LogP contribution in [0.4, 0.5) is 0 Å². The highest BCUT2D eigenvalue weighted by molar-refractivity contribution is 7.91. The molecule has 2 heterocycles. The third-order valence-electron chi connectivity index (χ3n) is 4.84. The number of nitrogens with one attached hydrogen (secondary N) is 1. The molecule has 0 aromatic heterocycles. The van der Waals surface area contributed by atoms with Gasteiger partial charge in [0, 0.05) is 12.6 Å². The molecule has 1 spiro atoms. The second-order valence-electron chi connectivity index (χ2n) is 6.93. The lowest BCUT2D eigenvalue weighted by molar-refractivity contribution is -0.0675. The fraction of sp³-hybridized carbons (Fsp3) is 0.588. The molecule has 1 aromatic rings. The van der Waals surface area contributed by atoms with E-state index in [0.29, 0.717) is 25.9 Å². The molecule has 0 saturated carbocycles. The smallest absolute Gasteiger partial charge is 0.338 e. The van der Waals surface area contributed by atoms with E-state index >= 15 is 0 Å². The number of rotatable bonds is 5. The van der Waals surface area contributed by atoms with Crippen molar-refractivity contribution >= 4 is 25.8 Å². The van der Waals surface area contributed by atoms with Crippen LogP contribution in [-0.2, 0) is 29.3 Å². The van der Waals surface area contributed by atoms with Crippen LogP contribution in [0.15, 0.2) is 29.2 Å². The van der Waals surface area contributed by atoms with Crippen LogP contribution in [0.5, 0.6) is 0 Å². The van der Waals surface area contributed by atoms with Gasteiger partial charge in [0.15, 0.2) is 9.84 Å². The first-order valence-corrected chi connectivity index (χ1v) is 12.1. The van der Waals surface area contributed by atoms with E-state index in [1.807, 2.05) is 0 Å². The van der Waals surface area contributed by atoms with Crippen molar-refractivity contribution in [3.8, 4) is 0 Å². The molecule has 0 bridgehead atoms. The van der Waals surface area contributed by atoms with Gasteiger partial charge in [0.1, 0.15) is 0 Å². The third-order valence-corrected chi connectivity index (χ3v) is 8.17. The average Bonchev–Trinajstić information content (AvgIpc) is 2.89. The second kappa shape index (κ2) is 7.50. The third kappa shape index (κ3) is 4.68. The molecule has 2 aliphatic rings. The first-order valence-electron chi connectivity index (χ1n) is 8.79. The van der Waals surface area contributed by atoms with Gasteiger partial charge in [0.2, 0.25) is 10.0 Å². The molecule has 0 radical (unpaired) electrons. The summed E-state index contributed by atoms with van der Waals surface area (Å²) in [6.07, 6.45) is 1.19. The van der Waals surface area contributed by atoms with Crippen molar-refractivity contribution in [1.29, 1.82) is 0 Å². The minimum Gasteiger partial charge on any atom is -0.462 e. The molecule has 1 aromatic carbocycles. The molecular formula is C17H23NO7S2. The van der Waals surface area contributed by atoms with Crippen LogP contribution in [0, 0.1) is 0 Å². The van der Waals surface area contributed by atoms with Crippen LogP contribution in [-0.4, -0.2) is 59.2 Å². The van der Waals surface area contributed by atoms with Crippen molar-refractivity contribution in [2.24, 2.45) is 0 Å². The lowest BCUT2D eigenvalue weighted by Gasteiger charge is -2.37. The van der Waals surface area contributed by atoms with E-state index in [1.165, 1.54) is 24.3 Å². The highest BCUT2D eigenvalue weighted by Crippen LogP contribution is 2.36. The molecule has 150 valence electrons. The van der Waals surface area contributed by atoms with Gasteiger partial charge in [-0.1, -0.05) is 0 Å². The Hall–Kier alpha value is -1.49. The minimum absolute atomic E-state index is 0.0372. The van der Waals surface area contributed by atoms with Gasteiger partial charge in [0.25, 0.3) is 0 Å². The molecule has 1 N–H and O–H groups in total. The van der Waals surface area contributed by atoms with E-state index in [0.717, 1.165) is 0 Å². The Morgan fingerprint density at radius 1 is 1.33 bits per heavy atom. The maximum atomic E-state index is 12.7. The van der Waals surface area contributed by atoms with Gasteiger partial charge in [-0.15, -0.1) is 0 Å². The number of ether oxygens (including phenoxy) is 2. The second-order valence-corrected chi connectivity index (χ2v) is 10.8. The highest BCUT2D eigenvalue weighted by atomic mass is 32.2. The van der Waals surface area contributed by atoms with Gasteiger partial charge in [-0.25, -0.2) is 26.4 Å². The van der Waals surface area contributed by atoms with E-state index < -0.39 is 37.5 Å². The van der Waals surface area contributed by atoms with Crippen molar-refractivity contribution in [2.45, 2.75) is 42.7 Å². The number of sulfonamides is 1. The van der Waals surface area contributed by atoms with E-state index in [4.69, 9.17) is 9.47 Å². The number of sulfone groups is 1. The number of esters is 1. The Labute approximate surface area is 159 Å². The van der Waals surface area contributed by atoms with Crippen LogP contribution >= 0.6 is 0 Å². The van der Waals surface area contributed by atoms with Crippen LogP contribution in [0.2, 0.25) is 0 Å². The zero-order valence-corrected chi connectivity index (χ0v) is 16.6. The van der Waals surface area contributed by atoms with Crippen LogP contribution in [0.1, 0.15) is 36.5 Å². The van der Waals surface area contributed by atoms with Gasteiger partial charge in [-0.2, -0.15) is 0 Å². The first-order chi connectivity index (χ1) is 12.6. The fourth-order valence-corrected chi connectivity index (χ4v) is 6.81. The fourth-order valence-electron chi connectivity index (χ4n) is 3.56. The van der Waals surface area contributed by atoms with Crippen molar-refractivity contribution < 1.29 is 31.1 Å². The maximum Gasteiger partial charge on any atom is 0.338 e. The molecule has 0 amide bonds. The normalized spacial score (nSPS) is 27.5. The Morgan fingerprint density at radius 3 is 2.63 bits per heavy atom. The molecule has 10 heteroatoms. The van der Waals surface area contributed by atoms with Gasteiger partial charge >= 0.3 is 5.97 Å². The van der Waals surface area contributed by atoms with Gasteiger partial charge in [-0.3, -0.25) is 0 Å². The van der Waals surface area contributed by atoms with Crippen molar-refractivity contribution in [1.82, 2.24) is 4.72 Å². The summed E-state index contributed by atoms with van der Waals surface area (Å²) >= 11 is 0. The Morgan fingerprint density at radius 2 is 2.04 bits per heavy atom. The molecule has 0 unspecified atom stereocenters.